The summed E-state index contributed by atoms with van der Waals surface area (Å²) in [5, 5.41) is 8.53. The van der Waals surface area contributed by atoms with Crippen molar-refractivity contribution in [1.29, 1.82) is 0 Å². The van der Waals surface area contributed by atoms with Gasteiger partial charge in [0, 0.05) is 19.8 Å². The van der Waals surface area contributed by atoms with E-state index in [9.17, 15) is 0 Å². The van der Waals surface area contributed by atoms with Crippen LogP contribution in [-0.4, -0.2) is 24.9 Å². The maximum absolute atomic E-state index is 8.53. The third kappa shape index (κ3) is 3.88. The topological polar surface area (TPSA) is 29.5 Å². The van der Waals surface area contributed by atoms with Crippen molar-refractivity contribution in [3.05, 3.63) is 12.2 Å². The molecule has 0 bridgehead atoms. The summed E-state index contributed by atoms with van der Waals surface area (Å²) in [6, 6.07) is 0. The summed E-state index contributed by atoms with van der Waals surface area (Å²) >= 11 is 0. The average molecular weight is 170 g/mol. The molecule has 0 spiro atoms. The Morgan fingerprint density at radius 1 is 1.25 bits per heavy atom. The molecule has 1 aliphatic rings. The van der Waals surface area contributed by atoms with Crippen LogP contribution in [0.4, 0.5) is 0 Å². The summed E-state index contributed by atoms with van der Waals surface area (Å²) in [5.74, 6) is 0.814. The highest BCUT2D eigenvalue weighted by Crippen LogP contribution is 2.18. The summed E-state index contributed by atoms with van der Waals surface area (Å²) in [5.41, 5.74) is 0. The zero-order chi connectivity index (χ0) is 8.65. The maximum atomic E-state index is 8.53. The van der Waals surface area contributed by atoms with Crippen LogP contribution in [0.5, 0.6) is 0 Å². The summed E-state index contributed by atoms with van der Waals surface area (Å²) in [7, 11) is 0. The smallest absolute Gasteiger partial charge is 0.0468 e. The van der Waals surface area contributed by atoms with Gasteiger partial charge in [0.05, 0.1) is 0 Å². The predicted molar refractivity (Wildman–Crippen MR) is 49.0 cm³/mol. The van der Waals surface area contributed by atoms with Crippen LogP contribution in [0.2, 0.25) is 0 Å². The third-order valence-corrected chi connectivity index (χ3v) is 2.27. The van der Waals surface area contributed by atoms with E-state index in [0.29, 0.717) is 0 Å². The van der Waals surface area contributed by atoms with E-state index in [0.717, 1.165) is 32.0 Å². The number of aliphatic hydroxyl groups is 1. The molecule has 0 aromatic heterocycles. The Morgan fingerprint density at radius 3 is 2.67 bits per heavy atom. The van der Waals surface area contributed by atoms with Gasteiger partial charge < -0.3 is 9.84 Å². The quantitative estimate of drug-likeness (QED) is 0.651. The molecule has 2 heteroatoms. The molecule has 0 aromatic carbocycles. The molecule has 70 valence electrons. The van der Waals surface area contributed by atoms with Crippen LogP contribution in [0, 0.1) is 5.92 Å². The lowest BCUT2D eigenvalue weighted by atomic mass is 9.96. The van der Waals surface area contributed by atoms with Crippen LogP contribution in [0.1, 0.15) is 25.7 Å². The van der Waals surface area contributed by atoms with E-state index in [-0.39, 0.29) is 6.61 Å². The number of rotatable bonds is 4. The van der Waals surface area contributed by atoms with Crippen molar-refractivity contribution < 1.29 is 9.84 Å². The zero-order valence-electron chi connectivity index (χ0n) is 7.54. The number of hydrogen-bond donors (Lipinski definition) is 1. The predicted octanol–water partition coefficient (Wildman–Crippen LogP) is 1.74. The minimum atomic E-state index is 0.268. The molecule has 0 radical (unpaired) electrons. The van der Waals surface area contributed by atoms with Crippen LogP contribution in [0.3, 0.4) is 0 Å². The lowest BCUT2D eigenvalue weighted by Crippen LogP contribution is -2.14. The van der Waals surface area contributed by atoms with Crippen molar-refractivity contribution in [2.24, 2.45) is 5.92 Å². The van der Waals surface area contributed by atoms with Crippen LogP contribution < -0.4 is 0 Å². The molecule has 2 nitrogen and oxygen atoms in total. The Hall–Kier alpha value is -0.340. The van der Waals surface area contributed by atoms with Gasteiger partial charge >= 0.3 is 0 Å². The van der Waals surface area contributed by atoms with Gasteiger partial charge in [0.25, 0.3) is 0 Å². The molecule has 0 aliphatic carbocycles. The average Bonchev–Trinajstić information content (AvgIpc) is 2.14. The van der Waals surface area contributed by atoms with Crippen molar-refractivity contribution in [2.45, 2.75) is 25.7 Å². The normalized spacial score (nSPS) is 20.4. The van der Waals surface area contributed by atoms with E-state index in [1.165, 1.54) is 12.8 Å². The first-order valence-corrected chi connectivity index (χ1v) is 4.77. The second-order valence-electron chi connectivity index (χ2n) is 3.28. The molecule has 1 N–H and O–H groups in total. The molecular weight excluding hydrogens is 152 g/mol. The van der Waals surface area contributed by atoms with E-state index < -0.39 is 0 Å². The highest BCUT2D eigenvalue weighted by atomic mass is 16.5. The fourth-order valence-electron chi connectivity index (χ4n) is 1.46. The maximum Gasteiger partial charge on any atom is 0.0468 e. The number of aliphatic hydroxyl groups excluding tert-OH is 1. The Bertz CT molecular complexity index is 126. The van der Waals surface area contributed by atoms with Crippen molar-refractivity contribution in [2.75, 3.05) is 19.8 Å². The van der Waals surface area contributed by atoms with E-state index in [1.807, 2.05) is 0 Å². The molecule has 1 heterocycles. The van der Waals surface area contributed by atoms with Crippen LogP contribution in [0.15, 0.2) is 12.2 Å². The standard InChI is InChI=1S/C10H18O2/c11-7-3-1-2-4-10-5-8-12-9-6-10/h1-2,10-11H,3-9H2/b2-1-. The lowest BCUT2D eigenvalue weighted by molar-refractivity contribution is 0.0672. The SMILES string of the molecule is OCC/C=C\CC1CCOCC1. The number of ether oxygens (including phenoxy) is 1. The fraction of sp³-hybridized carbons (Fsp3) is 0.800. The van der Waals surface area contributed by atoms with Crippen LogP contribution in [-0.2, 0) is 4.74 Å². The van der Waals surface area contributed by atoms with Gasteiger partial charge in [0.1, 0.15) is 0 Å². The minimum absolute atomic E-state index is 0.268. The second kappa shape index (κ2) is 6.21. The summed E-state index contributed by atoms with van der Waals surface area (Å²) in [6.07, 6.45) is 8.60. The van der Waals surface area contributed by atoms with E-state index in [4.69, 9.17) is 9.84 Å². The van der Waals surface area contributed by atoms with E-state index in [1.54, 1.807) is 0 Å². The minimum Gasteiger partial charge on any atom is -0.396 e. The van der Waals surface area contributed by atoms with E-state index in [2.05, 4.69) is 12.2 Å². The third-order valence-electron chi connectivity index (χ3n) is 2.27. The Morgan fingerprint density at radius 2 is 2.00 bits per heavy atom. The summed E-state index contributed by atoms with van der Waals surface area (Å²) in [4.78, 5) is 0. The molecule has 0 amide bonds. The van der Waals surface area contributed by atoms with Gasteiger partial charge in [-0.2, -0.15) is 0 Å². The van der Waals surface area contributed by atoms with Crippen molar-refractivity contribution in [3.63, 3.8) is 0 Å². The van der Waals surface area contributed by atoms with Gasteiger partial charge in [-0.3, -0.25) is 0 Å². The largest absolute Gasteiger partial charge is 0.396 e. The molecule has 1 rings (SSSR count). The molecule has 12 heavy (non-hydrogen) atoms. The number of allylic oxidation sites excluding steroid dienone is 1. The number of hydrogen-bond acceptors (Lipinski definition) is 2. The van der Waals surface area contributed by atoms with Gasteiger partial charge in [-0.1, -0.05) is 12.2 Å². The zero-order valence-corrected chi connectivity index (χ0v) is 7.54. The molecule has 0 unspecified atom stereocenters. The van der Waals surface area contributed by atoms with Gasteiger partial charge in [-0.05, 0) is 31.6 Å². The lowest BCUT2D eigenvalue weighted by Gasteiger charge is -2.20. The van der Waals surface area contributed by atoms with Crippen LogP contribution >= 0.6 is 0 Å². The molecule has 1 saturated heterocycles. The molecule has 0 aromatic rings. The first kappa shape index (κ1) is 9.75. The Labute approximate surface area is 74.2 Å². The molecule has 0 atom stereocenters. The first-order chi connectivity index (χ1) is 5.93. The van der Waals surface area contributed by atoms with Gasteiger partial charge in [0.2, 0.25) is 0 Å². The van der Waals surface area contributed by atoms with Gasteiger partial charge in [-0.15, -0.1) is 0 Å². The summed E-state index contributed by atoms with van der Waals surface area (Å²) in [6.45, 7) is 2.13. The van der Waals surface area contributed by atoms with Crippen LogP contribution in [0.25, 0.3) is 0 Å². The van der Waals surface area contributed by atoms with Gasteiger partial charge in [-0.25, -0.2) is 0 Å². The molecular formula is C10H18O2. The monoisotopic (exact) mass is 170 g/mol. The molecule has 0 saturated carbocycles. The highest BCUT2D eigenvalue weighted by molar-refractivity contribution is 4.84. The van der Waals surface area contributed by atoms with Crippen molar-refractivity contribution >= 4 is 0 Å². The summed E-state index contributed by atoms with van der Waals surface area (Å²) < 4.78 is 5.26. The molecule has 1 aliphatic heterocycles. The molecule has 1 fully saturated rings. The fourth-order valence-corrected chi connectivity index (χ4v) is 1.46. The van der Waals surface area contributed by atoms with Crippen molar-refractivity contribution in [1.82, 2.24) is 0 Å². The Kier molecular flexibility index (Phi) is 5.04. The highest BCUT2D eigenvalue weighted by Gasteiger charge is 2.11. The second-order valence-corrected chi connectivity index (χ2v) is 3.28. The van der Waals surface area contributed by atoms with Gasteiger partial charge in [0.15, 0.2) is 0 Å². The first-order valence-electron chi connectivity index (χ1n) is 4.77. The van der Waals surface area contributed by atoms with E-state index >= 15 is 0 Å². The van der Waals surface area contributed by atoms with Crippen molar-refractivity contribution in [3.8, 4) is 0 Å². The Balaban J connectivity index is 2.04.